The predicted molar refractivity (Wildman–Crippen MR) is 119 cm³/mol. The van der Waals surface area contributed by atoms with E-state index in [2.05, 4.69) is 27.9 Å². The normalized spacial score (nSPS) is 12.9. The van der Waals surface area contributed by atoms with E-state index in [4.69, 9.17) is 0 Å². The first-order valence-electron chi connectivity index (χ1n) is 10.6. The summed E-state index contributed by atoms with van der Waals surface area (Å²) in [6.07, 6.45) is 4.83. The number of anilines is 1. The Morgan fingerprint density at radius 2 is 1.84 bits per heavy atom. The fourth-order valence-electron chi connectivity index (χ4n) is 3.03. The molecule has 1 aromatic heterocycles. The molecule has 31 heavy (non-hydrogen) atoms. The van der Waals surface area contributed by atoms with Crippen molar-refractivity contribution < 1.29 is 18.4 Å². The number of hydrogen-bond donors (Lipinski definition) is 3. The Kier molecular flexibility index (Phi) is 10.00. The van der Waals surface area contributed by atoms with E-state index in [0.717, 1.165) is 42.5 Å². The Bertz CT molecular complexity index is 855. The summed E-state index contributed by atoms with van der Waals surface area (Å²) in [7, 11) is 0. The Morgan fingerprint density at radius 1 is 1.13 bits per heavy atom. The molecular formula is C22H30F2N4O2S. The van der Waals surface area contributed by atoms with Crippen LogP contribution in [0.3, 0.4) is 0 Å². The highest BCUT2D eigenvalue weighted by atomic mass is 32.1. The minimum Gasteiger partial charge on any atom is -0.344 e. The number of benzene rings is 1. The molecule has 0 bridgehead atoms. The fourth-order valence-corrected chi connectivity index (χ4v) is 3.88. The topological polar surface area (TPSA) is 83.1 Å². The van der Waals surface area contributed by atoms with Gasteiger partial charge in [0.05, 0.1) is 6.42 Å². The third-order valence-electron chi connectivity index (χ3n) is 4.68. The zero-order valence-corrected chi connectivity index (χ0v) is 19.0. The average molecular weight is 453 g/mol. The lowest BCUT2D eigenvalue weighted by Gasteiger charge is -2.17. The third kappa shape index (κ3) is 8.34. The molecule has 1 aromatic carbocycles. The van der Waals surface area contributed by atoms with Crippen LogP contribution < -0.4 is 16.0 Å². The highest BCUT2D eigenvalue weighted by Gasteiger charge is 2.22. The summed E-state index contributed by atoms with van der Waals surface area (Å²) < 4.78 is 26.7. The molecule has 1 unspecified atom stereocenters. The Hall–Kier alpha value is -2.39. The third-order valence-corrected chi connectivity index (χ3v) is 5.77. The van der Waals surface area contributed by atoms with Crippen molar-refractivity contribution in [2.75, 3.05) is 11.9 Å². The molecule has 0 saturated carbocycles. The van der Waals surface area contributed by atoms with Crippen molar-refractivity contribution in [3.8, 4) is 0 Å². The largest absolute Gasteiger partial charge is 0.344 e. The van der Waals surface area contributed by atoms with Crippen molar-refractivity contribution in [2.24, 2.45) is 0 Å². The van der Waals surface area contributed by atoms with Crippen molar-refractivity contribution in [3.05, 3.63) is 46.5 Å². The first-order valence-corrected chi connectivity index (χ1v) is 11.4. The number of hydrogen-bond acceptors (Lipinski definition) is 5. The number of amides is 2. The van der Waals surface area contributed by atoms with Crippen LogP contribution in [0.5, 0.6) is 0 Å². The van der Waals surface area contributed by atoms with Gasteiger partial charge in [-0.15, -0.1) is 11.3 Å². The molecule has 3 N–H and O–H groups in total. The summed E-state index contributed by atoms with van der Waals surface area (Å²) in [5.74, 6) is -2.34. The molecule has 6 nitrogen and oxygen atoms in total. The molecule has 0 fully saturated rings. The Morgan fingerprint density at radius 3 is 2.48 bits per heavy atom. The summed E-state index contributed by atoms with van der Waals surface area (Å²) in [6.45, 7) is 7.00. The number of nitrogens with one attached hydrogen (secondary N) is 3. The quantitative estimate of drug-likeness (QED) is 0.419. The molecule has 9 heteroatoms. The van der Waals surface area contributed by atoms with Gasteiger partial charge < -0.3 is 16.0 Å². The van der Waals surface area contributed by atoms with Gasteiger partial charge in [-0.1, -0.05) is 26.7 Å². The van der Waals surface area contributed by atoms with E-state index in [1.165, 1.54) is 11.3 Å². The van der Waals surface area contributed by atoms with E-state index in [1.54, 1.807) is 6.20 Å². The lowest BCUT2D eigenvalue weighted by molar-refractivity contribution is -0.126. The average Bonchev–Trinajstić information content (AvgIpc) is 3.15. The highest BCUT2D eigenvalue weighted by Crippen LogP contribution is 2.24. The number of carbonyl (C=O) groups is 2. The minimum atomic E-state index is -0.761. The van der Waals surface area contributed by atoms with Crippen LogP contribution in [0.2, 0.25) is 0 Å². The molecule has 170 valence electrons. The zero-order chi connectivity index (χ0) is 22.8. The summed E-state index contributed by atoms with van der Waals surface area (Å²) in [5.41, 5.74) is 0.208. The molecule has 2 rings (SSSR count). The van der Waals surface area contributed by atoms with Crippen LogP contribution >= 0.6 is 11.3 Å². The number of rotatable bonds is 12. The second-order valence-corrected chi connectivity index (χ2v) is 8.51. The van der Waals surface area contributed by atoms with Gasteiger partial charge in [-0.2, -0.15) is 0 Å². The van der Waals surface area contributed by atoms with Crippen LogP contribution in [0, 0.1) is 11.6 Å². The molecule has 0 aliphatic heterocycles. The van der Waals surface area contributed by atoms with E-state index in [1.807, 2.05) is 13.8 Å². The highest BCUT2D eigenvalue weighted by molar-refractivity contribution is 7.15. The zero-order valence-electron chi connectivity index (χ0n) is 18.1. The Labute approximate surface area is 185 Å². The van der Waals surface area contributed by atoms with Gasteiger partial charge in [-0.05, 0) is 44.0 Å². The smallest absolute Gasteiger partial charge is 0.248 e. The molecule has 0 aliphatic carbocycles. The fraction of sp³-hybridized carbons (Fsp3) is 0.500. The van der Waals surface area contributed by atoms with E-state index in [9.17, 15) is 18.4 Å². The first-order chi connectivity index (χ1) is 14.8. The number of halogens is 2. The van der Waals surface area contributed by atoms with Crippen molar-refractivity contribution in [3.63, 3.8) is 0 Å². The van der Waals surface area contributed by atoms with Crippen LogP contribution in [0.15, 0.2) is 24.4 Å². The summed E-state index contributed by atoms with van der Waals surface area (Å²) in [4.78, 5) is 30.3. The van der Waals surface area contributed by atoms with Gasteiger partial charge in [0.2, 0.25) is 11.8 Å². The van der Waals surface area contributed by atoms with Gasteiger partial charge in [0.25, 0.3) is 0 Å². The Balaban J connectivity index is 1.95. The van der Waals surface area contributed by atoms with E-state index < -0.39 is 23.6 Å². The maximum absolute atomic E-state index is 13.3. The van der Waals surface area contributed by atoms with Gasteiger partial charge in [0.15, 0.2) is 5.13 Å². The first kappa shape index (κ1) is 24.9. The number of unbranched alkanes of at least 4 members (excludes halogenated alkanes) is 1. The van der Waals surface area contributed by atoms with Gasteiger partial charge in [-0.3, -0.25) is 9.59 Å². The minimum absolute atomic E-state index is 0.132. The number of thiazole rings is 1. The van der Waals surface area contributed by atoms with Crippen molar-refractivity contribution >= 4 is 28.3 Å². The van der Waals surface area contributed by atoms with Crippen molar-refractivity contribution in [1.82, 2.24) is 15.6 Å². The molecule has 2 atom stereocenters. The molecule has 1 heterocycles. The lowest BCUT2D eigenvalue weighted by atomic mass is 10.1. The molecule has 2 aromatic rings. The van der Waals surface area contributed by atoms with Crippen LogP contribution in [0.4, 0.5) is 13.9 Å². The predicted octanol–water partition coefficient (Wildman–Crippen LogP) is 4.34. The molecule has 2 amide bonds. The van der Waals surface area contributed by atoms with Gasteiger partial charge in [0, 0.05) is 23.2 Å². The van der Waals surface area contributed by atoms with Crippen molar-refractivity contribution in [2.45, 2.75) is 65.0 Å². The molecule has 0 saturated heterocycles. The number of nitrogens with zero attached hydrogens (tertiary/aromatic N) is 1. The maximum atomic E-state index is 13.3. The summed E-state index contributed by atoms with van der Waals surface area (Å²) >= 11 is 1.39. The van der Waals surface area contributed by atoms with Crippen LogP contribution in [0.25, 0.3) is 0 Å². The molecular weight excluding hydrogens is 422 g/mol. The van der Waals surface area contributed by atoms with Crippen LogP contribution in [0.1, 0.15) is 62.9 Å². The number of carbonyl (C=O) groups excluding carboxylic acids is 2. The molecule has 0 radical (unpaired) electrons. The van der Waals surface area contributed by atoms with Gasteiger partial charge in [0.1, 0.15) is 17.7 Å². The monoisotopic (exact) mass is 452 g/mol. The SMILES string of the molecule is CCCCNC(C)c1cnc(NC(=O)[C@H](CCC)NC(=O)Cc2cc(F)cc(F)c2)s1. The second-order valence-electron chi connectivity index (χ2n) is 7.45. The van der Waals surface area contributed by atoms with Crippen LogP contribution in [-0.2, 0) is 16.0 Å². The van der Waals surface area contributed by atoms with Crippen LogP contribution in [-0.4, -0.2) is 29.4 Å². The lowest BCUT2D eigenvalue weighted by Crippen LogP contribution is -2.44. The summed E-state index contributed by atoms with van der Waals surface area (Å²) in [5, 5.41) is 9.30. The van der Waals surface area contributed by atoms with Gasteiger partial charge >= 0.3 is 0 Å². The number of aromatic nitrogens is 1. The molecule has 0 spiro atoms. The standard InChI is InChI=1S/C22H30F2N4O2S/c1-4-6-8-25-14(3)19-13-26-22(31-19)28-21(30)18(7-5-2)27-20(29)11-15-9-16(23)12-17(24)10-15/h9-10,12-14,18,25H,4-8,11H2,1-3H3,(H,27,29)(H,26,28,30)/t14?,18-/m0/s1. The van der Waals surface area contributed by atoms with Crippen molar-refractivity contribution in [1.29, 1.82) is 0 Å². The second kappa shape index (κ2) is 12.5. The van der Waals surface area contributed by atoms with E-state index in [-0.39, 0.29) is 23.9 Å². The summed E-state index contributed by atoms with van der Waals surface area (Å²) in [6, 6.07) is 2.32. The molecule has 0 aliphatic rings. The van der Waals surface area contributed by atoms with E-state index >= 15 is 0 Å². The van der Waals surface area contributed by atoms with E-state index in [0.29, 0.717) is 18.0 Å². The van der Waals surface area contributed by atoms with Gasteiger partial charge in [-0.25, -0.2) is 13.8 Å². The maximum Gasteiger partial charge on any atom is 0.248 e.